The number of aryl methyl sites for hydroxylation is 1. The molecule has 0 saturated carbocycles. The monoisotopic (exact) mass is 333 g/mol. The van der Waals surface area contributed by atoms with E-state index in [0.717, 1.165) is 37.3 Å². The lowest BCUT2D eigenvalue weighted by Gasteiger charge is -2.32. The number of rotatable bonds is 3. The highest BCUT2D eigenvalue weighted by molar-refractivity contribution is 5.85. The number of hydrogen-bond acceptors (Lipinski definition) is 2. The lowest BCUT2D eigenvalue weighted by atomic mass is 9.96. The Balaban J connectivity index is 1.47. The molecule has 1 aliphatic heterocycles. The van der Waals surface area contributed by atoms with Gasteiger partial charge in [-0.25, -0.2) is 4.98 Å². The third-order valence-corrected chi connectivity index (χ3v) is 5.17. The van der Waals surface area contributed by atoms with Gasteiger partial charge in [0.25, 0.3) is 0 Å². The van der Waals surface area contributed by atoms with Crippen molar-refractivity contribution in [3.63, 3.8) is 0 Å². The Hall–Kier alpha value is -2.62. The maximum absolute atomic E-state index is 12.8. The van der Waals surface area contributed by atoms with Crippen LogP contribution in [0.1, 0.15) is 30.1 Å². The summed E-state index contributed by atoms with van der Waals surface area (Å²) in [6, 6.07) is 14.6. The summed E-state index contributed by atoms with van der Waals surface area (Å²) in [5, 5.41) is 2.41. The van der Waals surface area contributed by atoms with E-state index in [1.54, 1.807) is 0 Å². The first kappa shape index (κ1) is 15.9. The van der Waals surface area contributed by atoms with Crippen molar-refractivity contribution >= 4 is 16.7 Å². The van der Waals surface area contributed by atoms with Gasteiger partial charge in [0.2, 0.25) is 5.91 Å². The number of benzene rings is 2. The van der Waals surface area contributed by atoms with Gasteiger partial charge in [-0.1, -0.05) is 42.5 Å². The maximum Gasteiger partial charge on any atom is 0.227 e. The fourth-order valence-electron chi connectivity index (χ4n) is 3.82. The molecule has 4 rings (SSSR count). The molecule has 1 saturated heterocycles. The molecule has 0 radical (unpaired) electrons. The predicted molar refractivity (Wildman–Crippen MR) is 99.4 cm³/mol. The Kier molecular flexibility index (Phi) is 4.26. The average molecular weight is 333 g/mol. The van der Waals surface area contributed by atoms with Crippen LogP contribution in [0.15, 0.2) is 54.9 Å². The van der Waals surface area contributed by atoms with E-state index in [9.17, 15) is 4.79 Å². The van der Waals surface area contributed by atoms with E-state index in [1.807, 2.05) is 36.5 Å². The van der Waals surface area contributed by atoms with E-state index >= 15 is 0 Å². The molecular formula is C21H23N3O. The number of imidazole rings is 1. The smallest absolute Gasteiger partial charge is 0.227 e. The van der Waals surface area contributed by atoms with Gasteiger partial charge in [-0.3, -0.25) is 4.79 Å². The molecule has 4 heteroatoms. The number of fused-ring (bicyclic) bond motifs is 1. The van der Waals surface area contributed by atoms with E-state index in [2.05, 4.69) is 39.9 Å². The summed E-state index contributed by atoms with van der Waals surface area (Å²) >= 11 is 0. The summed E-state index contributed by atoms with van der Waals surface area (Å²) in [7, 11) is 2.03. The molecule has 1 fully saturated rings. The summed E-state index contributed by atoms with van der Waals surface area (Å²) in [5.74, 6) is 1.65. The van der Waals surface area contributed by atoms with E-state index in [4.69, 9.17) is 0 Å². The number of piperidine rings is 1. The predicted octanol–water partition coefficient (Wildman–Crippen LogP) is 3.52. The zero-order valence-electron chi connectivity index (χ0n) is 14.6. The van der Waals surface area contributed by atoms with Gasteiger partial charge in [0.05, 0.1) is 6.42 Å². The normalized spacial score (nSPS) is 17.8. The summed E-state index contributed by atoms with van der Waals surface area (Å²) < 4.78 is 2.07. The number of carbonyl (C=O) groups is 1. The van der Waals surface area contributed by atoms with Gasteiger partial charge in [-0.05, 0) is 29.2 Å². The second-order valence-electron chi connectivity index (χ2n) is 6.93. The van der Waals surface area contributed by atoms with Crippen molar-refractivity contribution < 1.29 is 4.79 Å². The Morgan fingerprint density at radius 2 is 2.04 bits per heavy atom. The van der Waals surface area contributed by atoms with Crippen LogP contribution in [0, 0.1) is 0 Å². The third-order valence-electron chi connectivity index (χ3n) is 5.17. The van der Waals surface area contributed by atoms with E-state index < -0.39 is 0 Å². The third kappa shape index (κ3) is 3.29. The van der Waals surface area contributed by atoms with Crippen molar-refractivity contribution in [3.8, 4) is 0 Å². The highest BCUT2D eigenvalue weighted by Crippen LogP contribution is 2.26. The first-order valence-electron chi connectivity index (χ1n) is 8.93. The molecule has 0 aliphatic carbocycles. The summed E-state index contributed by atoms with van der Waals surface area (Å²) in [6.07, 6.45) is 6.43. The topological polar surface area (TPSA) is 38.1 Å². The SMILES string of the molecule is Cn1ccnc1C1CCCN(C(=O)Cc2ccc3ccccc3c2)C1. The lowest BCUT2D eigenvalue weighted by Crippen LogP contribution is -2.40. The molecule has 1 aliphatic rings. The van der Waals surface area contributed by atoms with E-state index in [0.29, 0.717) is 12.3 Å². The van der Waals surface area contributed by atoms with Crippen molar-refractivity contribution in [3.05, 3.63) is 66.2 Å². The van der Waals surface area contributed by atoms with Crippen LogP contribution >= 0.6 is 0 Å². The number of carbonyl (C=O) groups excluding carboxylic acids is 1. The zero-order valence-corrected chi connectivity index (χ0v) is 14.6. The van der Waals surface area contributed by atoms with Gasteiger partial charge < -0.3 is 9.47 Å². The first-order chi connectivity index (χ1) is 12.2. The van der Waals surface area contributed by atoms with E-state index in [1.165, 1.54) is 10.8 Å². The minimum atomic E-state index is 0.217. The molecular weight excluding hydrogens is 310 g/mol. The standard InChI is InChI=1S/C21H23N3O/c1-23-12-10-22-21(23)19-7-4-11-24(15-19)20(25)14-16-8-9-17-5-2-3-6-18(17)13-16/h2-3,5-6,8-10,12-13,19H,4,7,11,14-15H2,1H3. The van der Waals surface area contributed by atoms with Crippen molar-refractivity contribution in [1.29, 1.82) is 0 Å². The number of likely N-dealkylation sites (tertiary alicyclic amines) is 1. The van der Waals surface area contributed by atoms with Crippen molar-refractivity contribution in [2.24, 2.45) is 7.05 Å². The molecule has 1 aromatic heterocycles. The van der Waals surface area contributed by atoms with Gasteiger partial charge >= 0.3 is 0 Å². The highest BCUT2D eigenvalue weighted by atomic mass is 16.2. The zero-order chi connectivity index (χ0) is 17.2. The van der Waals surface area contributed by atoms with E-state index in [-0.39, 0.29) is 5.91 Å². The highest BCUT2D eigenvalue weighted by Gasteiger charge is 2.26. The molecule has 0 bridgehead atoms. The minimum Gasteiger partial charge on any atom is -0.342 e. The van der Waals surface area contributed by atoms with Gasteiger partial charge in [-0.2, -0.15) is 0 Å². The van der Waals surface area contributed by atoms with Gasteiger partial charge in [0, 0.05) is 38.4 Å². The Morgan fingerprint density at radius 3 is 2.84 bits per heavy atom. The van der Waals surface area contributed by atoms with Crippen LogP contribution in [0.4, 0.5) is 0 Å². The summed E-state index contributed by atoms with van der Waals surface area (Å²) in [5.41, 5.74) is 1.09. The molecule has 0 spiro atoms. The Morgan fingerprint density at radius 1 is 1.20 bits per heavy atom. The second kappa shape index (κ2) is 6.71. The lowest BCUT2D eigenvalue weighted by molar-refractivity contribution is -0.131. The van der Waals surface area contributed by atoms with Crippen LogP contribution in [0.2, 0.25) is 0 Å². The molecule has 0 N–H and O–H groups in total. The van der Waals surface area contributed by atoms with Gasteiger partial charge in [-0.15, -0.1) is 0 Å². The number of nitrogens with zero attached hydrogens (tertiary/aromatic N) is 3. The molecule has 1 atom stereocenters. The second-order valence-corrected chi connectivity index (χ2v) is 6.93. The van der Waals surface area contributed by atoms with Crippen LogP contribution in [0.25, 0.3) is 10.8 Å². The molecule has 2 aromatic carbocycles. The Bertz CT molecular complexity index is 899. The van der Waals surface area contributed by atoms with Crippen molar-refractivity contribution in [2.75, 3.05) is 13.1 Å². The summed E-state index contributed by atoms with van der Waals surface area (Å²) in [4.78, 5) is 19.3. The van der Waals surface area contributed by atoms with Crippen LogP contribution in [-0.2, 0) is 18.3 Å². The average Bonchev–Trinajstić information content (AvgIpc) is 3.08. The minimum absolute atomic E-state index is 0.217. The fraction of sp³-hybridized carbons (Fsp3) is 0.333. The number of amides is 1. The largest absolute Gasteiger partial charge is 0.342 e. The molecule has 128 valence electrons. The van der Waals surface area contributed by atoms with Crippen LogP contribution in [0.5, 0.6) is 0 Å². The van der Waals surface area contributed by atoms with Gasteiger partial charge in [0.1, 0.15) is 5.82 Å². The molecule has 3 aromatic rings. The molecule has 25 heavy (non-hydrogen) atoms. The van der Waals surface area contributed by atoms with Gasteiger partial charge in [0.15, 0.2) is 0 Å². The van der Waals surface area contributed by atoms with Crippen molar-refractivity contribution in [1.82, 2.24) is 14.5 Å². The maximum atomic E-state index is 12.8. The molecule has 1 amide bonds. The molecule has 1 unspecified atom stereocenters. The molecule has 2 heterocycles. The van der Waals surface area contributed by atoms with Crippen LogP contribution in [0.3, 0.4) is 0 Å². The summed E-state index contributed by atoms with van der Waals surface area (Å²) in [6.45, 7) is 1.63. The number of aromatic nitrogens is 2. The van der Waals surface area contributed by atoms with Crippen LogP contribution in [-0.4, -0.2) is 33.4 Å². The van der Waals surface area contributed by atoms with Crippen molar-refractivity contribution in [2.45, 2.75) is 25.2 Å². The molecule has 4 nitrogen and oxygen atoms in total. The van der Waals surface area contributed by atoms with Crippen LogP contribution < -0.4 is 0 Å². The number of hydrogen-bond donors (Lipinski definition) is 0. The fourth-order valence-corrected chi connectivity index (χ4v) is 3.82. The first-order valence-corrected chi connectivity index (χ1v) is 8.93. The quantitative estimate of drug-likeness (QED) is 0.735. The Labute approximate surface area is 148 Å².